The lowest BCUT2D eigenvalue weighted by molar-refractivity contribution is -0.144. The van der Waals surface area contributed by atoms with Crippen LogP contribution in [0.3, 0.4) is 0 Å². The van der Waals surface area contributed by atoms with E-state index in [0.29, 0.717) is 13.0 Å². The molecule has 0 bridgehead atoms. The monoisotopic (exact) mass is 349 g/mol. The number of hydrogen-bond acceptors (Lipinski definition) is 5. The molecule has 4 aromatic rings. The Bertz CT molecular complexity index is 1110. The van der Waals surface area contributed by atoms with Gasteiger partial charge in [-0.15, -0.1) is 5.10 Å². The molecule has 0 unspecified atom stereocenters. The Kier molecular flexibility index (Phi) is 3.30. The van der Waals surface area contributed by atoms with E-state index in [0.717, 1.165) is 10.2 Å². The molecule has 0 aliphatic carbocycles. The highest BCUT2D eigenvalue weighted by Crippen LogP contribution is 2.26. The highest BCUT2D eigenvalue weighted by Gasteiger charge is 2.36. The number of aryl methyl sites for hydroxylation is 2. The first-order chi connectivity index (χ1) is 11.9. The summed E-state index contributed by atoms with van der Waals surface area (Å²) in [6.07, 6.45) is 1.80. The smallest absolute Gasteiger partial charge is 0.348 e. The lowest BCUT2D eigenvalue weighted by Crippen LogP contribution is -2.21. The number of nitrogens with one attached hydrogen (secondary N) is 1. The van der Waals surface area contributed by atoms with Crippen LogP contribution in [-0.4, -0.2) is 34.1 Å². The molecule has 128 valence electrons. The third kappa shape index (κ3) is 2.62. The average molecular weight is 349 g/mol. The van der Waals surface area contributed by atoms with Gasteiger partial charge < -0.3 is 9.55 Å². The Morgan fingerprint density at radius 3 is 2.80 bits per heavy atom. The van der Waals surface area contributed by atoms with Gasteiger partial charge in [-0.1, -0.05) is 0 Å². The molecule has 0 saturated heterocycles. The van der Waals surface area contributed by atoms with Crippen molar-refractivity contribution in [3.63, 3.8) is 0 Å². The zero-order chi connectivity index (χ0) is 17.6. The predicted molar refractivity (Wildman–Crippen MR) is 79.8 cm³/mol. The molecule has 0 aliphatic rings. The molecule has 0 radical (unpaired) electrons. The van der Waals surface area contributed by atoms with Gasteiger partial charge in [0.05, 0.1) is 17.2 Å². The van der Waals surface area contributed by atoms with Gasteiger partial charge in [0.15, 0.2) is 0 Å². The van der Waals surface area contributed by atoms with Gasteiger partial charge in [-0.25, -0.2) is 9.97 Å². The van der Waals surface area contributed by atoms with Crippen LogP contribution in [0.25, 0.3) is 16.7 Å². The summed E-state index contributed by atoms with van der Waals surface area (Å²) < 4.78 is 40.7. The summed E-state index contributed by atoms with van der Waals surface area (Å²) in [6, 6.07) is 1.52. The average Bonchev–Trinajstić information content (AvgIpc) is 3.23. The zero-order valence-electron chi connectivity index (χ0n) is 12.5. The van der Waals surface area contributed by atoms with Crippen molar-refractivity contribution in [2.45, 2.75) is 19.1 Å². The van der Waals surface area contributed by atoms with Gasteiger partial charge >= 0.3 is 6.18 Å². The first-order valence-electron chi connectivity index (χ1n) is 7.23. The normalized spacial score (nSPS) is 12.3. The zero-order valence-corrected chi connectivity index (χ0v) is 12.5. The van der Waals surface area contributed by atoms with Crippen LogP contribution in [0, 0.1) is 0 Å². The Balaban J connectivity index is 1.79. The summed E-state index contributed by atoms with van der Waals surface area (Å²) in [4.78, 5) is 26.6. The van der Waals surface area contributed by atoms with Gasteiger partial charge in [0, 0.05) is 37.3 Å². The lowest BCUT2D eigenvalue weighted by atomic mass is 10.3. The molecule has 4 rings (SSSR count). The van der Waals surface area contributed by atoms with Gasteiger partial charge in [-0.2, -0.15) is 22.7 Å². The standard InChI is InChI=1S/C14H10F3N7O/c15-14(16,17)12-21-13-19-6-9-10(24(13)22-12)2-4-23(11(9)25)3-1-8-5-18-7-20-8/h2,4-7H,1,3H2,(H,18,20). The van der Waals surface area contributed by atoms with E-state index in [9.17, 15) is 18.0 Å². The molecular weight excluding hydrogens is 339 g/mol. The Morgan fingerprint density at radius 2 is 2.08 bits per heavy atom. The molecule has 11 heteroatoms. The first-order valence-corrected chi connectivity index (χ1v) is 7.23. The van der Waals surface area contributed by atoms with Gasteiger partial charge in [0.25, 0.3) is 17.2 Å². The van der Waals surface area contributed by atoms with Gasteiger partial charge in [0.2, 0.25) is 0 Å². The quantitative estimate of drug-likeness (QED) is 0.604. The Morgan fingerprint density at radius 1 is 1.24 bits per heavy atom. The fourth-order valence-corrected chi connectivity index (χ4v) is 2.52. The molecular formula is C14H10F3N7O. The highest BCUT2D eigenvalue weighted by molar-refractivity contribution is 5.78. The molecule has 0 aliphatic heterocycles. The third-order valence-corrected chi connectivity index (χ3v) is 3.74. The van der Waals surface area contributed by atoms with Crippen LogP contribution in [0.4, 0.5) is 13.2 Å². The van der Waals surface area contributed by atoms with Crippen LogP contribution < -0.4 is 5.56 Å². The number of hydrogen-bond donors (Lipinski definition) is 1. The van der Waals surface area contributed by atoms with Crippen molar-refractivity contribution in [1.29, 1.82) is 0 Å². The molecule has 0 fully saturated rings. The fraction of sp³-hybridized carbons (Fsp3) is 0.214. The molecule has 1 N–H and O–H groups in total. The molecule has 0 aromatic carbocycles. The van der Waals surface area contributed by atoms with Gasteiger partial charge in [-0.05, 0) is 6.07 Å². The second-order valence-corrected chi connectivity index (χ2v) is 5.34. The predicted octanol–water partition coefficient (Wildman–Crippen LogP) is 1.42. The molecule has 4 aromatic heterocycles. The third-order valence-electron chi connectivity index (χ3n) is 3.74. The van der Waals surface area contributed by atoms with Gasteiger partial charge in [0.1, 0.15) is 0 Å². The molecule has 25 heavy (non-hydrogen) atoms. The minimum absolute atomic E-state index is 0.165. The number of alkyl halides is 3. The van der Waals surface area contributed by atoms with E-state index in [2.05, 4.69) is 25.0 Å². The summed E-state index contributed by atoms with van der Waals surface area (Å²) in [5.74, 6) is -1.51. The van der Waals surface area contributed by atoms with Crippen molar-refractivity contribution < 1.29 is 13.2 Å². The van der Waals surface area contributed by atoms with E-state index in [1.807, 2.05) is 0 Å². The number of imidazole rings is 1. The molecule has 0 atom stereocenters. The van der Waals surface area contributed by atoms with E-state index in [4.69, 9.17) is 0 Å². The number of aromatic amines is 1. The maximum atomic E-state index is 12.8. The number of pyridine rings is 1. The summed E-state index contributed by atoms with van der Waals surface area (Å²) >= 11 is 0. The van der Waals surface area contributed by atoms with Crippen LogP contribution in [-0.2, 0) is 19.1 Å². The van der Waals surface area contributed by atoms with Crippen LogP contribution in [0.5, 0.6) is 0 Å². The second kappa shape index (κ2) is 5.40. The van der Waals surface area contributed by atoms with E-state index in [1.54, 1.807) is 12.5 Å². The van der Waals surface area contributed by atoms with Crippen molar-refractivity contribution in [1.82, 2.24) is 34.1 Å². The Hall–Kier alpha value is -3.24. The summed E-state index contributed by atoms with van der Waals surface area (Å²) in [5.41, 5.74) is 0.720. The summed E-state index contributed by atoms with van der Waals surface area (Å²) in [5, 5.41) is 3.59. The van der Waals surface area contributed by atoms with Crippen molar-refractivity contribution in [3.05, 3.63) is 52.9 Å². The van der Waals surface area contributed by atoms with E-state index in [1.165, 1.54) is 23.0 Å². The van der Waals surface area contributed by atoms with Crippen LogP contribution >= 0.6 is 0 Å². The van der Waals surface area contributed by atoms with E-state index in [-0.39, 0.29) is 22.2 Å². The number of fused-ring (bicyclic) bond motifs is 3. The summed E-state index contributed by atoms with van der Waals surface area (Å²) in [7, 11) is 0. The lowest BCUT2D eigenvalue weighted by Gasteiger charge is -2.06. The number of H-pyrrole nitrogens is 1. The molecule has 8 nitrogen and oxygen atoms in total. The van der Waals surface area contributed by atoms with Crippen LogP contribution in [0.15, 0.2) is 35.8 Å². The van der Waals surface area contributed by atoms with Crippen LogP contribution in [0.2, 0.25) is 0 Å². The van der Waals surface area contributed by atoms with Crippen molar-refractivity contribution in [2.75, 3.05) is 0 Å². The molecule has 4 heterocycles. The van der Waals surface area contributed by atoms with E-state index >= 15 is 0 Å². The van der Waals surface area contributed by atoms with E-state index < -0.39 is 12.0 Å². The maximum Gasteiger partial charge on any atom is 0.453 e. The Labute approximate surface area is 137 Å². The summed E-state index contributed by atoms with van der Waals surface area (Å²) in [6.45, 7) is 0.389. The van der Waals surface area contributed by atoms with Crippen molar-refractivity contribution in [3.8, 4) is 0 Å². The SMILES string of the molecule is O=c1c2cnc3nc(C(F)(F)F)nn3c2ccn1CCc1cnc[nH]1. The van der Waals surface area contributed by atoms with Crippen molar-refractivity contribution in [2.24, 2.45) is 0 Å². The first kappa shape index (κ1) is 15.3. The fourth-order valence-electron chi connectivity index (χ4n) is 2.52. The molecule has 0 amide bonds. The topological polar surface area (TPSA) is 93.8 Å². The largest absolute Gasteiger partial charge is 0.453 e. The number of nitrogens with zero attached hydrogens (tertiary/aromatic N) is 6. The maximum absolute atomic E-state index is 12.8. The van der Waals surface area contributed by atoms with Crippen molar-refractivity contribution >= 4 is 16.7 Å². The number of aromatic nitrogens is 7. The molecule has 0 spiro atoms. The highest BCUT2D eigenvalue weighted by atomic mass is 19.4. The second-order valence-electron chi connectivity index (χ2n) is 5.34. The number of halogens is 3. The molecule has 0 saturated carbocycles. The number of rotatable bonds is 3. The van der Waals surface area contributed by atoms with Crippen LogP contribution in [0.1, 0.15) is 11.5 Å². The minimum Gasteiger partial charge on any atom is -0.348 e. The minimum atomic E-state index is -4.68. The van der Waals surface area contributed by atoms with Gasteiger partial charge in [-0.3, -0.25) is 4.79 Å².